The lowest BCUT2D eigenvalue weighted by Gasteiger charge is -1.93. The molecule has 1 atom stereocenters. The molecule has 0 aliphatic carbocycles. The van der Waals surface area contributed by atoms with Crippen molar-refractivity contribution in [1.82, 2.24) is 0 Å². The molecule has 0 aliphatic heterocycles. The molecule has 0 rings (SSSR count). The fourth-order valence-electron chi connectivity index (χ4n) is 0. The molecule has 0 saturated carbocycles. The monoisotopic (exact) mass is 362 g/mol. The maximum Gasteiger partial charge on any atom is 0.189 e. The van der Waals surface area contributed by atoms with Gasteiger partial charge in [-0.3, -0.25) is 0 Å². The van der Waals surface area contributed by atoms with E-state index in [1.807, 2.05) is 0 Å². The first kappa shape index (κ1) is 11.2. The highest BCUT2D eigenvalue weighted by molar-refractivity contribution is 9.52. The first-order valence-electron chi connectivity index (χ1n) is 0.756. The molecule has 0 fully saturated rings. The van der Waals surface area contributed by atoms with Gasteiger partial charge in [0.05, 0.1) is 0 Å². The van der Waals surface area contributed by atoms with Crippen LogP contribution in [0.4, 0.5) is 0 Å². The van der Waals surface area contributed by atoms with Gasteiger partial charge in [0.1, 0.15) is 0 Å². The van der Waals surface area contributed by atoms with Gasteiger partial charge in [-0.2, -0.15) is 9.90 Å². The second-order valence-corrected chi connectivity index (χ2v) is 11.6. The number of alkyl halides is 4. The third kappa shape index (κ3) is 32.9. The van der Waals surface area contributed by atoms with Crippen LogP contribution in [0.1, 0.15) is 0 Å². The fourth-order valence-corrected chi connectivity index (χ4v) is 0. The highest BCUT2D eigenvalue weighted by Gasteiger charge is 2.08. The fraction of sp³-hybridized carbons (Fsp3) is 1.00. The van der Waals surface area contributed by atoms with E-state index < -0.39 is 0 Å². The number of hydrogen-bond donors (Lipinski definition) is 0. The van der Waals surface area contributed by atoms with Crippen molar-refractivity contribution in [3.8, 4) is 0 Å². The molecular formula is CH3Br4P. The van der Waals surface area contributed by atoms with E-state index in [9.17, 15) is 0 Å². The molecule has 40 valence electrons. The van der Waals surface area contributed by atoms with Crippen LogP contribution in [0.5, 0.6) is 0 Å². The van der Waals surface area contributed by atoms with Crippen LogP contribution in [0.25, 0.3) is 0 Å². The average Bonchev–Trinajstić information content (AvgIpc) is 0.722. The van der Waals surface area contributed by atoms with Crippen LogP contribution < -0.4 is 0 Å². The third-order valence-corrected chi connectivity index (χ3v) is 0. The Morgan fingerprint density at radius 3 is 0.833 bits per heavy atom. The molecule has 0 amide bonds. The molecule has 0 radical (unpaired) electrons. The largest absolute Gasteiger partial charge is 0.189 e. The van der Waals surface area contributed by atoms with E-state index in [0.29, 0.717) is 0 Å². The van der Waals surface area contributed by atoms with Crippen molar-refractivity contribution >= 4 is 73.6 Å². The molecule has 0 heterocycles. The van der Waals surface area contributed by atoms with Crippen LogP contribution in [0.15, 0.2) is 0 Å². The Hall–Kier alpha value is 2.35. The maximum atomic E-state index is 3.12. The van der Waals surface area contributed by atoms with E-state index in [2.05, 4.69) is 63.7 Å². The predicted molar refractivity (Wildman–Crippen MR) is 49.5 cm³/mol. The lowest BCUT2D eigenvalue weighted by atomic mass is 12.0. The molecule has 0 bridgehead atoms. The van der Waals surface area contributed by atoms with Gasteiger partial charge >= 0.3 is 0 Å². The van der Waals surface area contributed by atoms with Gasteiger partial charge in [0.15, 0.2) is 1.05 Å². The molecule has 0 aliphatic rings. The molecule has 0 N–H and O–H groups in total. The summed E-state index contributed by atoms with van der Waals surface area (Å²) in [5.41, 5.74) is 0. The van der Waals surface area contributed by atoms with Crippen molar-refractivity contribution < 1.29 is 0 Å². The maximum absolute atomic E-state index is 3.12. The van der Waals surface area contributed by atoms with Crippen LogP contribution in [-0.2, 0) is 0 Å². The smallest absolute Gasteiger partial charge is 0.153 e. The van der Waals surface area contributed by atoms with E-state index in [1.54, 1.807) is 0 Å². The van der Waals surface area contributed by atoms with Gasteiger partial charge in [-0.05, 0) is 63.7 Å². The van der Waals surface area contributed by atoms with E-state index in [-0.39, 0.29) is 11.0 Å². The van der Waals surface area contributed by atoms with Crippen molar-refractivity contribution in [3.05, 3.63) is 0 Å². The minimum atomic E-state index is -0.250. The van der Waals surface area contributed by atoms with Crippen molar-refractivity contribution in [2.24, 2.45) is 0 Å². The van der Waals surface area contributed by atoms with Crippen molar-refractivity contribution in [2.75, 3.05) is 0 Å². The van der Waals surface area contributed by atoms with E-state index in [1.165, 1.54) is 0 Å². The molecule has 0 spiro atoms. The number of hydrogen-bond acceptors (Lipinski definition) is 0. The van der Waals surface area contributed by atoms with Gasteiger partial charge in [0, 0.05) is 0 Å². The van der Waals surface area contributed by atoms with E-state index in [4.69, 9.17) is 0 Å². The zero-order valence-corrected chi connectivity index (χ0v) is 10.5. The Morgan fingerprint density at radius 1 is 0.833 bits per heavy atom. The molecule has 5 heteroatoms. The van der Waals surface area contributed by atoms with E-state index >= 15 is 0 Å². The standard InChI is InChI=1S/CBr4.H3P/c2-1(3,4)5;/h;1H3. The summed E-state index contributed by atoms with van der Waals surface area (Å²) in [4.78, 5) is 0. The predicted octanol–water partition coefficient (Wildman–Crippen LogP) is 3.24. The van der Waals surface area contributed by atoms with Gasteiger partial charge in [0.25, 0.3) is 0 Å². The number of rotatable bonds is 0. The second kappa shape index (κ2) is 4.25. The molecule has 0 aromatic carbocycles. The highest BCUT2D eigenvalue weighted by Crippen LogP contribution is 2.39. The van der Waals surface area contributed by atoms with Gasteiger partial charge < -0.3 is 0 Å². The van der Waals surface area contributed by atoms with Crippen LogP contribution in [0, 0.1) is 0 Å². The Balaban J connectivity index is 0. The Kier molecular flexibility index (Phi) is 7.93. The summed E-state index contributed by atoms with van der Waals surface area (Å²) in [6.45, 7) is 0. The van der Waals surface area contributed by atoms with Crippen LogP contribution in [0.2, 0.25) is 0 Å². The summed E-state index contributed by atoms with van der Waals surface area (Å²) < 4.78 is -0.250. The molecule has 0 aromatic heterocycles. The van der Waals surface area contributed by atoms with Gasteiger partial charge in [-0.25, -0.2) is 0 Å². The zero-order valence-electron chi connectivity index (χ0n) is 2.72. The lowest BCUT2D eigenvalue weighted by Crippen LogP contribution is -1.75. The van der Waals surface area contributed by atoms with Crippen molar-refractivity contribution in [2.45, 2.75) is 1.05 Å². The molecular weight excluding hydrogens is 363 g/mol. The highest BCUT2D eigenvalue weighted by atomic mass is 80.0. The van der Waals surface area contributed by atoms with Gasteiger partial charge in [-0.1, -0.05) is 0 Å². The Labute approximate surface area is 74.0 Å². The van der Waals surface area contributed by atoms with E-state index in [0.717, 1.165) is 0 Å². The molecule has 0 nitrogen and oxygen atoms in total. The third-order valence-electron chi connectivity index (χ3n) is 0. The van der Waals surface area contributed by atoms with Crippen LogP contribution in [-0.4, -0.2) is 1.05 Å². The first-order chi connectivity index (χ1) is 2.00. The summed E-state index contributed by atoms with van der Waals surface area (Å²) >= 11 is 12.5. The van der Waals surface area contributed by atoms with Crippen molar-refractivity contribution in [1.29, 1.82) is 0 Å². The van der Waals surface area contributed by atoms with Gasteiger partial charge in [0.2, 0.25) is 0 Å². The topological polar surface area (TPSA) is 0 Å². The SMILES string of the molecule is BrC(Br)(Br)Br.P. The van der Waals surface area contributed by atoms with Crippen molar-refractivity contribution in [3.63, 3.8) is 0 Å². The molecule has 1 unspecified atom stereocenters. The normalized spacial score (nSPS) is 10.0. The molecule has 0 aromatic rings. The summed E-state index contributed by atoms with van der Waals surface area (Å²) in [5.74, 6) is 0. The lowest BCUT2D eigenvalue weighted by molar-refractivity contribution is 2.14. The first-order valence-corrected chi connectivity index (χ1v) is 3.93. The minimum absolute atomic E-state index is 0. The van der Waals surface area contributed by atoms with Crippen LogP contribution >= 0.6 is 73.6 Å². The minimum Gasteiger partial charge on any atom is -0.153 e. The number of halogens is 4. The van der Waals surface area contributed by atoms with Gasteiger partial charge in [-0.15, -0.1) is 0 Å². The van der Waals surface area contributed by atoms with Crippen LogP contribution in [0.3, 0.4) is 0 Å². The quantitative estimate of drug-likeness (QED) is 0.457. The Bertz CT molecular complexity index is 23.0. The summed E-state index contributed by atoms with van der Waals surface area (Å²) in [6, 6.07) is 0. The average molecular weight is 366 g/mol. The second-order valence-electron chi connectivity index (χ2n) is 0.429. The summed E-state index contributed by atoms with van der Waals surface area (Å²) in [5, 5.41) is 0. The molecule has 6 heavy (non-hydrogen) atoms. The Morgan fingerprint density at radius 2 is 0.833 bits per heavy atom. The zero-order chi connectivity index (χ0) is 4.50. The summed E-state index contributed by atoms with van der Waals surface area (Å²) in [7, 11) is 0. The summed E-state index contributed by atoms with van der Waals surface area (Å²) in [6.07, 6.45) is 0. The molecule has 0 saturated heterocycles.